The summed E-state index contributed by atoms with van der Waals surface area (Å²) in [5, 5.41) is 5.70. The minimum atomic E-state index is -0.183. The molecule has 1 unspecified atom stereocenters. The molecule has 1 N–H and O–H groups in total. The van der Waals surface area contributed by atoms with Gasteiger partial charge in [-0.05, 0) is 30.5 Å². The molecule has 20 heavy (non-hydrogen) atoms. The number of rotatable bonds is 5. The van der Waals surface area contributed by atoms with Gasteiger partial charge in [0, 0.05) is 10.9 Å². The summed E-state index contributed by atoms with van der Waals surface area (Å²) >= 11 is 13.3. The van der Waals surface area contributed by atoms with Crippen molar-refractivity contribution in [2.75, 3.05) is 6.61 Å². The molecule has 1 aromatic carbocycles. The first-order valence-corrected chi connectivity index (χ1v) is 7.60. The fourth-order valence-electron chi connectivity index (χ4n) is 1.61. The molecule has 2 rings (SSSR count). The van der Waals surface area contributed by atoms with Crippen molar-refractivity contribution >= 4 is 40.4 Å². The number of hydrogen-bond acceptors (Lipinski definition) is 3. The topological polar surface area (TPSA) is 38.3 Å². The molecule has 0 aliphatic rings. The van der Waals surface area contributed by atoms with Crippen LogP contribution in [0.3, 0.4) is 0 Å². The summed E-state index contributed by atoms with van der Waals surface area (Å²) in [7, 11) is 0. The Morgan fingerprint density at radius 3 is 2.80 bits per heavy atom. The lowest BCUT2D eigenvalue weighted by Gasteiger charge is -2.13. The molecule has 0 bridgehead atoms. The molecule has 1 amide bonds. The predicted molar refractivity (Wildman–Crippen MR) is 82.8 cm³/mol. The van der Waals surface area contributed by atoms with Crippen molar-refractivity contribution < 1.29 is 9.53 Å². The van der Waals surface area contributed by atoms with Crippen molar-refractivity contribution in [3.05, 3.63) is 50.6 Å². The van der Waals surface area contributed by atoms with Crippen LogP contribution in [0.25, 0.3) is 0 Å². The number of thiophene rings is 1. The van der Waals surface area contributed by atoms with Crippen LogP contribution in [0.2, 0.25) is 10.0 Å². The summed E-state index contributed by atoms with van der Waals surface area (Å²) < 4.78 is 5.37. The van der Waals surface area contributed by atoms with Crippen molar-refractivity contribution in [2.24, 2.45) is 0 Å². The zero-order valence-corrected chi connectivity index (χ0v) is 13.1. The second-order valence-corrected chi connectivity index (χ2v) is 5.96. The maximum atomic E-state index is 11.8. The highest BCUT2D eigenvalue weighted by Gasteiger charge is 2.11. The average Bonchev–Trinajstić information content (AvgIpc) is 2.94. The second kappa shape index (κ2) is 6.97. The zero-order valence-electron chi connectivity index (χ0n) is 10.7. The van der Waals surface area contributed by atoms with Gasteiger partial charge in [-0.1, -0.05) is 29.3 Å². The molecular formula is C14H13Cl2NO2S. The van der Waals surface area contributed by atoms with Gasteiger partial charge in [0.25, 0.3) is 5.91 Å². The van der Waals surface area contributed by atoms with Crippen LogP contribution in [-0.4, -0.2) is 12.5 Å². The number of hydrogen-bond donors (Lipinski definition) is 1. The number of ether oxygens (including phenoxy) is 1. The Bertz CT molecular complexity index is 587. The quantitative estimate of drug-likeness (QED) is 0.887. The molecule has 0 spiro atoms. The lowest BCUT2D eigenvalue weighted by molar-refractivity contribution is -0.123. The van der Waals surface area contributed by atoms with Gasteiger partial charge in [-0.3, -0.25) is 4.79 Å². The molecule has 1 heterocycles. The fourth-order valence-corrected chi connectivity index (χ4v) is 2.63. The molecule has 0 aliphatic carbocycles. The van der Waals surface area contributed by atoms with Crippen LogP contribution in [0.15, 0.2) is 35.7 Å². The largest absolute Gasteiger partial charge is 0.484 e. The van der Waals surface area contributed by atoms with E-state index in [-0.39, 0.29) is 18.6 Å². The van der Waals surface area contributed by atoms with Gasteiger partial charge in [0.2, 0.25) is 0 Å². The van der Waals surface area contributed by atoms with Crippen LogP contribution in [0.4, 0.5) is 0 Å². The van der Waals surface area contributed by atoms with Crippen molar-refractivity contribution in [1.82, 2.24) is 5.32 Å². The first-order chi connectivity index (χ1) is 9.56. The van der Waals surface area contributed by atoms with Gasteiger partial charge in [-0.25, -0.2) is 0 Å². The Morgan fingerprint density at radius 2 is 2.15 bits per heavy atom. The monoisotopic (exact) mass is 329 g/mol. The third-order valence-electron chi connectivity index (χ3n) is 2.61. The van der Waals surface area contributed by atoms with E-state index in [9.17, 15) is 4.79 Å². The molecule has 1 aromatic heterocycles. The second-order valence-electron chi connectivity index (χ2n) is 4.17. The molecule has 6 heteroatoms. The SMILES string of the molecule is CC(NC(=O)COc1ccc(Cl)c(Cl)c1)c1cccs1. The number of halogens is 2. The van der Waals surface area contributed by atoms with Gasteiger partial charge < -0.3 is 10.1 Å². The standard InChI is InChI=1S/C14H13Cl2NO2S/c1-9(13-3-2-6-20-13)17-14(18)8-19-10-4-5-11(15)12(16)7-10/h2-7,9H,8H2,1H3,(H,17,18). The van der Waals surface area contributed by atoms with Gasteiger partial charge in [0.15, 0.2) is 6.61 Å². The van der Waals surface area contributed by atoms with Gasteiger partial charge in [-0.2, -0.15) is 0 Å². The van der Waals surface area contributed by atoms with E-state index >= 15 is 0 Å². The minimum absolute atomic E-state index is 0.0279. The maximum absolute atomic E-state index is 11.8. The number of nitrogens with one attached hydrogen (secondary N) is 1. The smallest absolute Gasteiger partial charge is 0.258 e. The van der Waals surface area contributed by atoms with Gasteiger partial charge in [0.1, 0.15) is 5.75 Å². The summed E-state index contributed by atoms with van der Waals surface area (Å²) in [6.07, 6.45) is 0. The minimum Gasteiger partial charge on any atom is -0.484 e. The maximum Gasteiger partial charge on any atom is 0.258 e. The highest BCUT2D eigenvalue weighted by molar-refractivity contribution is 7.10. The van der Waals surface area contributed by atoms with Crippen molar-refractivity contribution in [1.29, 1.82) is 0 Å². The van der Waals surface area contributed by atoms with Gasteiger partial charge in [0.05, 0.1) is 16.1 Å². The lowest BCUT2D eigenvalue weighted by atomic mass is 10.3. The Hall–Kier alpha value is -1.23. The van der Waals surface area contributed by atoms with E-state index < -0.39 is 0 Å². The molecule has 0 fully saturated rings. The van der Waals surface area contributed by atoms with Gasteiger partial charge >= 0.3 is 0 Å². The molecule has 2 aromatic rings. The predicted octanol–water partition coefficient (Wildman–Crippen LogP) is 4.31. The number of amides is 1. The van der Waals surface area contributed by atoms with E-state index in [1.807, 2.05) is 24.4 Å². The van der Waals surface area contributed by atoms with E-state index in [1.54, 1.807) is 29.5 Å². The van der Waals surface area contributed by atoms with Gasteiger partial charge in [-0.15, -0.1) is 11.3 Å². The Labute approximate surface area is 131 Å². The summed E-state index contributed by atoms with van der Waals surface area (Å²) in [5.41, 5.74) is 0. The third kappa shape index (κ3) is 4.13. The molecule has 0 radical (unpaired) electrons. The van der Waals surface area contributed by atoms with Crippen LogP contribution in [0.1, 0.15) is 17.8 Å². The molecular weight excluding hydrogens is 317 g/mol. The van der Waals surface area contributed by atoms with E-state index in [1.165, 1.54) is 0 Å². The summed E-state index contributed by atoms with van der Waals surface area (Å²) in [6, 6.07) is 8.79. The zero-order chi connectivity index (χ0) is 14.5. The Balaban J connectivity index is 1.84. The molecule has 0 saturated heterocycles. The summed E-state index contributed by atoms with van der Waals surface area (Å²) in [4.78, 5) is 12.9. The molecule has 0 saturated carbocycles. The van der Waals surface area contributed by atoms with Crippen LogP contribution in [0.5, 0.6) is 5.75 Å². The van der Waals surface area contributed by atoms with Crippen LogP contribution >= 0.6 is 34.5 Å². The number of carbonyl (C=O) groups excluding carboxylic acids is 1. The third-order valence-corrected chi connectivity index (χ3v) is 4.40. The van der Waals surface area contributed by atoms with Crippen LogP contribution < -0.4 is 10.1 Å². The van der Waals surface area contributed by atoms with E-state index in [4.69, 9.17) is 27.9 Å². The first-order valence-electron chi connectivity index (χ1n) is 5.97. The number of carbonyl (C=O) groups is 1. The van der Waals surface area contributed by atoms with E-state index in [0.717, 1.165) is 4.88 Å². The van der Waals surface area contributed by atoms with Crippen molar-refractivity contribution in [3.63, 3.8) is 0 Å². The van der Waals surface area contributed by atoms with E-state index in [2.05, 4.69) is 5.32 Å². The normalized spacial score (nSPS) is 11.9. The van der Waals surface area contributed by atoms with Crippen molar-refractivity contribution in [3.8, 4) is 5.75 Å². The van der Waals surface area contributed by atoms with Crippen molar-refractivity contribution in [2.45, 2.75) is 13.0 Å². The molecule has 1 atom stereocenters. The fraction of sp³-hybridized carbons (Fsp3) is 0.214. The summed E-state index contributed by atoms with van der Waals surface area (Å²) in [5.74, 6) is 0.329. The molecule has 0 aliphatic heterocycles. The first kappa shape index (κ1) is 15.2. The number of benzene rings is 1. The summed E-state index contributed by atoms with van der Waals surface area (Å²) in [6.45, 7) is 1.87. The van der Waals surface area contributed by atoms with Crippen LogP contribution in [-0.2, 0) is 4.79 Å². The molecule has 106 valence electrons. The molecule has 3 nitrogen and oxygen atoms in total. The highest BCUT2D eigenvalue weighted by Crippen LogP contribution is 2.26. The lowest BCUT2D eigenvalue weighted by Crippen LogP contribution is -2.30. The van der Waals surface area contributed by atoms with Crippen LogP contribution in [0, 0.1) is 0 Å². The van der Waals surface area contributed by atoms with E-state index in [0.29, 0.717) is 15.8 Å². The highest BCUT2D eigenvalue weighted by atomic mass is 35.5. The Morgan fingerprint density at radius 1 is 1.35 bits per heavy atom. The Kier molecular flexibility index (Phi) is 5.29. The average molecular weight is 330 g/mol.